The van der Waals surface area contributed by atoms with Crippen LogP contribution in [0, 0.1) is 0 Å². The molecule has 18 heavy (non-hydrogen) atoms. The highest BCUT2D eigenvalue weighted by molar-refractivity contribution is 5.76. The molecule has 3 N–H and O–H groups in total. The van der Waals surface area contributed by atoms with Crippen LogP contribution in [0.25, 0.3) is 0 Å². The number of aliphatic carboxylic acids is 1. The predicted octanol–water partition coefficient (Wildman–Crippen LogP) is 2.72. The summed E-state index contributed by atoms with van der Waals surface area (Å²) in [5, 5.41) is 21.1. The molecular formula is C14H23NO3. The van der Waals surface area contributed by atoms with Gasteiger partial charge in [0, 0.05) is 6.54 Å². The minimum atomic E-state index is -0.878. The summed E-state index contributed by atoms with van der Waals surface area (Å²) in [5.41, 5.74) is 1.66. The van der Waals surface area contributed by atoms with Crippen molar-refractivity contribution in [3.8, 4) is 5.75 Å². The normalized spacial score (nSPS) is 16.3. The lowest BCUT2D eigenvalue weighted by atomic mass is 9.94. The smallest absolute Gasteiger partial charge is 0.325 e. The fourth-order valence-corrected chi connectivity index (χ4v) is 1.77. The van der Waals surface area contributed by atoms with E-state index in [9.17, 15) is 9.90 Å². The Morgan fingerprint density at radius 1 is 1.28 bits per heavy atom. The number of carboxylic acid groups (broad SMARTS) is 1. The number of carboxylic acids is 1. The van der Waals surface area contributed by atoms with Gasteiger partial charge in [-0.3, -0.25) is 4.79 Å². The summed E-state index contributed by atoms with van der Waals surface area (Å²) in [7, 11) is 0. The molecule has 0 saturated heterocycles. The van der Waals surface area contributed by atoms with Crippen molar-refractivity contribution >= 4 is 5.97 Å². The monoisotopic (exact) mass is 253 g/mol. The van der Waals surface area contributed by atoms with Crippen LogP contribution in [0.15, 0.2) is 18.2 Å². The Kier molecular flexibility index (Phi) is 7.79. The Morgan fingerprint density at radius 3 is 2.44 bits per heavy atom. The predicted molar refractivity (Wildman–Crippen MR) is 72.9 cm³/mol. The van der Waals surface area contributed by atoms with E-state index < -0.39 is 12.0 Å². The van der Waals surface area contributed by atoms with E-state index in [1.54, 1.807) is 12.1 Å². The molecule has 102 valence electrons. The number of fused-ring (bicyclic) bond motifs is 1. The van der Waals surface area contributed by atoms with Crippen molar-refractivity contribution in [3.63, 3.8) is 0 Å². The van der Waals surface area contributed by atoms with Crippen LogP contribution in [0.1, 0.15) is 44.9 Å². The van der Waals surface area contributed by atoms with Gasteiger partial charge in [-0.1, -0.05) is 33.8 Å². The maximum absolute atomic E-state index is 10.9. The highest BCUT2D eigenvalue weighted by atomic mass is 16.4. The Hall–Kier alpha value is -1.55. The van der Waals surface area contributed by atoms with E-state index in [0.29, 0.717) is 6.54 Å². The lowest BCUT2D eigenvalue weighted by Gasteiger charge is -2.23. The standard InChI is InChI=1S/C10H11NO3.2C2H6/c12-7-1-2-8-6(5-7)3-4-11-9(8)10(13)14;2*1-2/h1-2,5,9,11-12H,3-4H2,(H,13,14);2*1-2H3. The number of benzene rings is 1. The van der Waals surface area contributed by atoms with Gasteiger partial charge in [-0.15, -0.1) is 0 Å². The molecule has 1 atom stereocenters. The maximum Gasteiger partial charge on any atom is 0.325 e. The van der Waals surface area contributed by atoms with Crippen molar-refractivity contribution in [2.45, 2.75) is 40.2 Å². The second kappa shape index (κ2) is 8.53. The fourth-order valence-electron chi connectivity index (χ4n) is 1.77. The van der Waals surface area contributed by atoms with Crippen LogP contribution in [-0.2, 0) is 11.2 Å². The molecule has 0 fully saturated rings. The highest BCUT2D eigenvalue weighted by Crippen LogP contribution is 2.26. The van der Waals surface area contributed by atoms with Crippen molar-refractivity contribution in [2.24, 2.45) is 0 Å². The molecule has 0 saturated carbocycles. The zero-order chi connectivity index (χ0) is 14.1. The minimum Gasteiger partial charge on any atom is -0.508 e. The molecular weight excluding hydrogens is 230 g/mol. The number of hydrogen-bond donors (Lipinski definition) is 3. The molecule has 0 bridgehead atoms. The SMILES string of the molecule is CC.CC.O=C(O)C1NCCc2cc(O)ccc21. The Labute approximate surface area is 109 Å². The molecule has 2 rings (SSSR count). The molecule has 1 heterocycles. The zero-order valence-electron chi connectivity index (χ0n) is 11.5. The first-order valence-corrected chi connectivity index (χ1v) is 6.46. The van der Waals surface area contributed by atoms with Crippen LogP contribution in [0.2, 0.25) is 0 Å². The summed E-state index contributed by atoms with van der Waals surface area (Å²) in [6.45, 7) is 8.63. The third kappa shape index (κ3) is 4.04. The molecule has 1 aromatic carbocycles. The van der Waals surface area contributed by atoms with Gasteiger partial charge in [-0.2, -0.15) is 0 Å². The van der Waals surface area contributed by atoms with Crippen molar-refractivity contribution in [1.82, 2.24) is 5.32 Å². The number of rotatable bonds is 1. The van der Waals surface area contributed by atoms with Gasteiger partial charge in [0.15, 0.2) is 0 Å². The third-order valence-corrected chi connectivity index (χ3v) is 2.43. The number of phenols is 1. The average molecular weight is 253 g/mol. The molecule has 1 unspecified atom stereocenters. The molecule has 0 aliphatic carbocycles. The van der Waals surface area contributed by atoms with Crippen molar-refractivity contribution in [2.75, 3.05) is 6.54 Å². The Bertz CT molecular complexity index is 377. The van der Waals surface area contributed by atoms with Crippen LogP contribution in [-0.4, -0.2) is 22.7 Å². The van der Waals surface area contributed by atoms with E-state index in [2.05, 4.69) is 5.32 Å². The van der Waals surface area contributed by atoms with E-state index in [4.69, 9.17) is 5.11 Å². The van der Waals surface area contributed by atoms with Crippen LogP contribution >= 0.6 is 0 Å². The second-order valence-corrected chi connectivity index (χ2v) is 3.36. The largest absolute Gasteiger partial charge is 0.508 e. The molecule has 0 radical (unpaired) electrons. The van der Waals surface area contributed by atoms with Gasteiger partial charge in [0.25, 0.3) is 0 Å². The lowest BCUT2D eigenvalue weighted by molar-refractivity contribution is -0.139. The summed E-state index contributed by atoms with van der Waals surface area (Å²) < 4.78 is 0. The summed E-state index contributed by atoms with van der Waals surface area (Å²) >= 11 is 0. The quantitative estimate of drug-likeness (QED) is 0.719. The third-order valence-electron chi connectivity index (χ3n) is 2.43. The molecule has 4 nitrogen and oxygen atoms in total. The van der Waals surface area contributed by atoms with Crippen LogP contribution in [0.5, 0.6) is 5.75 Å². The van der Waals surface area contributed by atoms with E-state index >= 15 is 0 Å². The number of carbonyl (C=O) groups is 1. The van der Waals surface area contributed by atoms with E-state index in [1.165, 1.54) is 6.07 Å². The first-order chi connectivity index (χ1) is 8.68. The number of aromatic hydroxyl groups is 1. The van der Waals surface area contributed by atoms with Gasteiger partial charge < -0.3 is 15.5 Å². The maximum atomic E-state index is 10.9. The van der Waals surface area contributed by atoms with E-state index in [1.807, 2.05) is 27.7 Å². The molecule has 0 amide bonds. The molecule has 0 spiro atoms. The van der Waals surface area contributed by atoms with Gasteiger partial charge >= 0.3 is 5.97 Å². The van der Waals surface area contributed by atoms with Crippen molar-refractivity contribution in [3.05, 3.63) is 29.3 Å². The van der Waals surface area contributed by atoms with Crippen molar-refractivity contribution in [1.29, 1.82) is 0 Å². The topological polar surface area (TPSA) is 69.6 Å². The minimum absolute atomic E-state index is 0.190. The molecule has 1 aliphatic rings. The van der Waals surface area contributed by atoms with Gasteiger partial charge in [0.1, 0.15) is 11.8 Å². The first-order valence-electron chi connectivity index (χ1n) is 6.46. The Morgan fingerprint density at radius 2 is 1.89 bits per heavy atom. The fraction of sp³-hybridized carbons (Fsp3) is 0.500. The van der Waals surface area contributed by atoms with Gasteiger partial charge in [-0.25, -0.2) is 0 Å². The molecule has 0 aromatic heterocycles. The average Bonchev–Trinajstić information content (AvgIpc) is 2.42. The first kappa shape index (κ1) is 16.4. The number of phenolic OH excluding ortho intramolecular Hbond substituents is 1. The van der Waals surface area contributed by atoms with E-state index in [0.717, 1.165) is 17.5 Å². The number of nitrogens with one attached hydrogen (secondary N) is 1. The zero-order valence-corrected chi connectivity index (χ0v) is 11.5. The van der Waals surface area contributed by atoms with Gasteiger partial charge in [0.05, 0.1) is 0 Å². The summed E-state index contributed by atoms with van der Waals surface area (Å²) in [6, 6.07) is 4.17. The number of hydrogen-bond acceptors (Lipinski definition) is 3. The van der Waals surface area contributed by atoms with Crippen LogP contribution < -0.4 is 5.32 Å². The van der Waals surface area contributed by atoms with Gasteiger partial charge in [0.2, 0.25) is 0 Å². The van der Waals surface area contributed by atoms with E-state index in [-0.39, 0.29) is 5.75 Å². The van der Waals surface area contributed by atoms with Gasteiger partial charge in [-0.05, 0) is 29.7 Å². The highest BCUT2D eigenvalue weighted by Gasteiger charge is 2.25. The van der Waals surface area contributed by atoms with Crippen LogP contribution in [0.4, 0.5) is 0 Å². The Balaban J connectivity index is 0.000000659. The molecule has 4 heteroatoms. The second-order valence-electron chi connectivity index (χ2n) is 3.36. The summed E-state index contributed by atoms with van der Waals surface area (Å²) in [6.07, 6.45) is 0.757. The lowest BCUT2D eigenvalue weighted by Crippen LogP contribution is -2.34. The van der Waals surface area contributed by atoms with Crippen LogP contribution in [0.3, 0.4) is 0 Å². The van der Waals surface area contributed by atoms with Crippen molar-refractivity contribution < 1.29 is 15.0 Å². The molecule has 1 aliphatic heterocycles. The summed E-state index contributed by atoms with van der Waals surface area (Å²) in [4.78, 5) is 10.9. The summed E-state index contributed by atoms with van der Waals surface area (Å²) in [5.74, 6) is -0.688. The molecule has 1 aromatic rings.